The van der Waals surface area contributed by atoms with E-state index in [1.54, 1.807) is 6.26 Å². The van der Waals surface area contributed by atoms with Crippen LogP contribution < -0.4 is 5.73 Å². The highest BCUT2D eigenvalue weighted by Gasteiger charge is 2.10. The van der Waals surface area contributed by atoms with Crippen LogP contribution in [0.2, 0.25) is 0 Å². The third-order valence-electron chi connectivity index (χ3n) is 2.19. The van der Waals surface area contributed by atoms with Gasteiger partial charge in [-0.05, 0) is 26.1 Å². The predicted octanol–water partition coefficient (Wildman–Crippen LogP) is 1.08. The number of ether oxygens (including phenoxy) is 1. The first-order valence-corrected chi connectivity index (χ1v) is 5.28. The van der Waals surface area contributed by atoms with Gasteiger partial charge in [-0.25, -0.2) is 0 Å². The fraction of sp³-hybridized carbons (Fsp3) is 0.636. The van der Waals surface area contributed by atoms with Gasteiger partial charge in [-0.3, -0.25) is 4.90 Å². The van der Waals surface area contributed by atoms with Crippen LogP contribution in [0.15, 0.2) is 22.8 Å². The summed E-state index contributed by atoms with van der Waals surface area (Å²) in [6, 6.07) is 3.86. The maximum Gasteiger partial charge on any atom is 0.117 e. The highest BCUT2D eigenvalue weighted by molar-refractivity contribution is 4.97. The molecule has 1 rings (SSSR count). The van der Waals surface area contributed by atoms with Crippen molar-refractivity contribution < 1.29 is 9.15 Å². The van der Waals surface area contributed by atoms with Gasteiger partial charge in [0.05, 0.1) is 18.9 Å². The second-order valence-corrected chi connectivity index (χ2v) is 3.59. The van der Waals surface area contributed by atoms with Gasteiger partial charge >= 0.3 is 0 Å². The standard InChI is InChI=1S/C11H20N2O2/c1-3-14-11(7-12)9-13(2)8-10-5-4-6-15-10/h4-6,11H,3,7-9,12H2,1-2H3. The number of furan rings is 1. The minimum atomic E-state index is 0.106. The number of nitrogens with two attached hydrogens (primary N) is 1. The fourth-order valence-electron chi connectivity index (χ4n) is 1.51. The smallest absolute Gasteiger partial charge is 0.117 e. The summed E-state index contributed by atoms with van der Waals surface area (Å²) in [5.74, 6) is 0.963. The van der Waals surface area contributed by atoms with E-state index in [2.05, 4.69) is 4.90 Å². The van der Waals surface area contributed by atoms with E-state index in [1.165, 1.54) is 0 Å². The Balaban J connectivity index is 2.30. The molecule has 0 radical (unpaired) electrons. The van der Waals surface area contributed by atoms with Gasteiger partial charge in [0.15, 0.2) is 0 Å². The van der Waals surface area contributed by atoms with Crippen molar-refractivity contribution in [2.24, 2.45) is 5.73 Å². The molecule has 0 spiro atoms. The van der Waals surface area contributed by atoms with Crippen LogP contribution in [-0.4, -0.2) is 37.7 Å². The molecule has 0 amide bonds. The van der Waals surface area contributed by atoms with Crippen molar-refractivity contribution in [2.75, 3.05) is 26.7 Å². The molecule has 2 N–H and O–H groups in total. The van der Waals surface area contributed by atoms with Gasteiger partial charge in [-0.15, -0.1) is 0 Å². The zero-order valence-corrected chi connectivity index (χ0v) is 9.48. The first-order valence-electron chi connectivity index (χ1n) is 5.28. The average Bonchev–Trinajstić information content (AvgIpc) is 2.69. The molecule has 4 heteroatoms. The van der Waals surface area contributed by atoms with E-state index >= 15 is 0 Å². The van der Waals surface area contributed by atoms with Crippen molar-refractivity contribution in [3.8, 4) is 0 Å². The summed E-state index contributed by atoms with van der Waals surface area (Å²) in [5.41, 5.74) is 5.61. The van der Waals surface area contributed by atoms with Gasteiger partial charge in [0.25, 0.3) is 0 Å². The largest absolute Gasteiger partial charge is 0.468 e. The average molecular weight is 212 g/mol. The van der Waals surface area contributed by atoms with Gasteiger partial charge in [-0.2, -0.15) is 0 Å². The molecule has 0 aliphatic rings. The minimum absolute atomic E-state index is 0.106. The van der Waals surface area contributed by atoms with E-state index in [9.17, 15) is 0 Å². The van der Waals surface area contributed by atoms with Crippen molar-refractivity contribution in [3.05, 3.63) is 24.2 Å². The lowest BCUT2D eigenvalue weighted by atomic mass is 10.3. The van der Waals surface area contributed by atoms with E-state index in [-0.39, 0.29) is 6.10 Å². The van der Waals surface area contributed by atoms with Crippen LogP contribution in [0.1, 0.15) is 12.7 Å². The van der Waals surface area contributed by atoms with E-state index in [1.807, 2.05) is 26.1 Å². The Bertz CT molecular complexity index is 249. The van der Waals surface area contributed by atoms with Crippen LogP contribution in [0.5, 0.6) is 0 Å². The molecule has 0 fully saturated rings. The molecule has 0 bridgehead atoms. The summed E-state index contributed by atoms with van der Waals surface area (Å²) < 4.78 is 10.7. The minimum Gasteiger partial charge on any atom is -0.468 e. The van der Waals surface area contributed by atoms with E-state index in [4.69, 9.17) is 14.9 Å². The van der Waals surface area contributed by atoms with Gasteiger partial charge in [0.2, 0.25) is 0 Å². The van der Waals surface area contributed by atoms with Crippen molar-refractivity contribution in [1.29, 1.82) is 0 Å². The molecule has 1 aromatic rings. The Kier molecular flexibility index (Phi) is 5.39. The lowest BCUT2D eigenvalue weighted by Gasteiger charge is -2.22. The molecule has 0 saturated carbocycles. The second kappa shape index (κ2) is 6.61. The summed E-state index contributed by atoms with van der Waals surface area (Å²) in [5, 5.41) is 0. The Labute approximate surface area is 91.0 Å². The Morgan fingerprint density at radius 3 is 2.93 bits per heavy atom. The molecular formula is C11H20N2O2. The maximum atomic E-state index is 5.61. The summed E-state index contributed by atoms with van der Waals surface area (Å²) in [6.07, 6.45) is 1.79. The van der Waals surface area contributed by atoms with Gasteiger partial charge in [0, 0.05) is 19.7 Å². The monoisotopic (exact) mass is 212 g/mol. The third kappa shape index (κ3) is 4.46. The predicted molar refractivity (Wildman–Crippen MR) is 59.5 cm³/mol. The molecule has 86 valence electrons. The molecule has 4 nitrogen and oxygen atoms in total. The summed E-state index contributed by atoms with van der Waals surface area (Å²) in [7, 11) is 2.03. The number of likely N-dealkylation sites (N-methyl/N-ethyl adjacent to an activating group) is 1. The van der Waals surface area contributed by atoms with Crippen LogP contribution in [0.25, 0.3) is 0 Å². The number of hydrogen-bond donors (Lipinski definition) is 1. The quantitative estimate of drug-likeness (QED) is 0.734. The van der Waals surface area contributed by atoms with Crippen molar-refractivity contribution in [1.82, 2.24) is 4.90 Å². The normalized spacial score (nSPS) is 13.3. The molecule has 0 aromatic carbocycles. The molecule has 1 heterocycles. The van der Waals surface area contributed by atoms with Gasteiger partial charge < -0.3 is 14.9 Å². The lowest BCUT2D eigenvalue weighted by molar-refractivity contribution is 0.0424. The topological polar surface area (TPSA) is 51.6 Å². The van der Waals surface area contributed by atoms with Crippen molar-refractivity contribution >= 4 is 0 Å². The second-order valence-electron chi connectivity index (χ2n) is 3.59. The van der Waals surface area contributed by atoms with Crippen LogP contribution >= 0.6 is 0 Å². The molecule has 1 unspecified atom stereocenters. The molecular weight excluding hydrogens is 192 g/mol. The molecule has 0 aliphatic carbocycles. The number of rotatable bonds is 7. The van der Waals surface area contributed by atoms with Gasteiger partial charge in [-0.1, -0.05) is 0 Å². The zero-order chi connectivity index (χ0) is 11.1. The van der Waals surface area contributed by atoms with Crippen LogP contribution in [0, 0.1) is 0 Å². The Morgan fingerprint density at radius 2 is 2.40 bits per heavy atom. The van der Waals surface area contributed by atoms with E-state index in [0.717, 1.165) is 18.8 Å². The SMILES string of the molecule is CCOC(CN)CN(C)Cc1ccco1. The molecule has 1 atom stereocenters. The molecule has 0 aliphatic heterocycles. The highest BCUT2D eigenvalue weighted by Crippen LogP contribution is 2.04. The third-order valence-corrected chi connectivity index (χ3v) is 2.19. The molecule has 1 aromatic heterocycles. The van der Waals surface area contributed by atoms with E-state index in [0.29, 0.717) is 13.2 Å². The van der Waals surface area contributed by atoms with Crippen molar-refractivity contribution in [2.45, 2.75) is 19.6 Å². The summed E-state index contributed by atoms with van der Waals surface area (Å²) in [4.78, 5) is 2.14. The highest BCUT2D eigenvalue weighted by atomic mass is 16.5. The molecule has 0 saturated heterocycles. The first kappa shape index (κ1) is 12.2. The van der Waals surface area contributed by atoms with E-state index < -0.39 is 0 Å². The Morgan fingerprint density at radius 1 is 1.60 bits per heavy atom. The summed E-state index contributed by atoms with van der Waals surface area (Å²) in [6.45, 7) is 4.85. The van der Waals surface area contributed by atoms with Crippen LogP contribution in [0.3, 0.4) is 0 Å². The van der Waals surface area contributed by atoms with Crippen LogP contribution in [-0.2, 0) is 11.3 Å². The zero-order valence-electron chi connectivity index (χ0n) is 9.48. The first-order chi connectivity index (χ1) is 7.26. The summed E-state index contributed by atoms with van der Waals surface area (Å²) >= 11 is 0. The number of nitrogens with zero attached hydrogens (tertiary/aromatic N) is 1. The fourth-order valence-corrected chi connectivity index (χ4v) is 1.51. The van der Waals surface area contributed by atoms with Crippen molar-refractivity contribution in [3.63, 3.8) is 0 Å². The Hall–Kier alpha value is -0.840. The lowest BCUT2D eigenvalue weighted by Crippen LogP contribution is -2.36. The maximum absolute atomic E-state index is 5.61. The van der Waals surface area contributed by atoms with Crippen LogP contribution in [0.4, 0.5) is 0 Å². The molecule has 15 heavy (non-hydrogen) atoms. The van der Waals surface area contributed by atoms with Gasteiger partial charge in [0.1, 0.15) is 5.76 Å². The number of hydrogen-bond acceptors (Lipinski definition) is 4.